The third-order valence-electron chi connectivity index (χ3n) is 3.79. The molecule has 22 heavy (non-hydrogen) atoms. The van der Waals surface area contributed by atoms with Crippen LogP contribution in [0.2, 0.25) is 0 Å². The van der Waals surface area contributed by atoms with Crippen LogP contribution < -0.4 is 5.56 Å². The number of rotatable bonds is 3. The summed E-state index contributed by atoms with van der Waals surface area (Å²) >= 11 is 1.47. The van der Waals surface area contributed by atoms with Crippen LogP contribution in [0.1, 0.15) is 18.3 Å². The number of nitrogens with zero attached hydrogens (tertiary/aromatic N) is 3. The first kappa shape index (κ1) is 14.5. The monoisotopic (exact) mass is 309 g/mol. The van der Waals surface area contributed by atoms with Gasteiger partial charge in [-0.1, -0.05) is 31.2 Å². The van der Waals surface area contributed by atoms with E-state index >= 15 is 0 Å². The third-order valence-corrected chi connectivity index (χ3v) is 4.66. The molecule has 0 saturated heterocycles. The molecule has 0 unspecified atom stereocenters. The molecule has 110 valence electrons. The number of hydrogen-bond acceptors (Lipinski definition) is 4. The molecule has 0 aliphatic heterocycles. The van der Waals surface area contributed by atoms with E-state index in [9.17, 15) is 4.79 Å². The first-order valence-corrected chi connectivity index (χ1v) is 7.98. The first-order chi connectivity index (χ1) is 10.7. The van der Waals surface area contributed by atoms with Crippen LogP contribution in [0.25, 0.3) is 21.3 Å². The molecule has 0 atom stereocenters. The molecule has 0 amide bonds. The van der Waals surface area contributed by atoms with Gasteiger partial charge in [0.05, 0.1) is 11.5 Å². The van der Waals surface area contributed by atoms with E-state index < -0.39 is 0 Å². The second-order valence-corrected chi connectivity index (χ2v) is 5.95. The molecule has 0 N–H and O–H groups in total. The smallest absolute Gasteiger partial charge is 0.263 e. The molecule has 2 heterocycles. The van der Waals surface area contributed by atoms with Gasteiger partial charge in [0.1, 0.15) is 17.2 Å². The molecule has 0 radical (unpaired) electrons. The lowest BCUT2D eigenvalue weighted by Gasteiger charge is -2.06. The summed E-state index contributed by atoms with van der Waals surface area (Å²) in [5.41, 5.74) is 3.03. The predicted molar refractivity (Wildman–Crippen MR) is 89.0 cm³/mol. The minimum Gasteiger partial charge on any atom is -0.282 e. The molecule has 0 spiro atoms. The normalized spacial score (nSPS) is 10.8. The van der Waals surface area contributed by atoms with E-state index in [4.69, 9.17) is 5.26 Å². The number of aryl methyl sites for hydroxylation is 2. The Kier molecular flexibility index (Phi) is 3.78. The molecule has 0 fully saturated rings. The highest BCUT2D eigenvalue weighted by molar-refractivity contribution is 7.17. The zero-order chi connectivity index (χ0) is 15.7. The van der Waals surface area contributed by atoms with Gasteiger partial charge < -0.3 is 0 Å². The molecule has 0 aliphatic carbocycles. The number of aromatic nitrogens is 2. The van der Waals surface area contributed by atoms with E-state index in [0.29, 0.717) is 11.2 Å². The summed E-state index contributed by atoms with van der Waals surface area (Å²) in [6, 6.07) is 10.3. The Labute approximate surface area is 132 Å². The van der Waals surface area contributed by atoms with E-state index in [1.807, 2.05) is 23.6 Å². The molecule has 4 nitrogen and oxygen atoms in total. The summed E-state index contributed by atoms with van der Waals surface area (Å²) < 4.78 is 1.43. The minimum absolute atomic E-state index is 0.0255. The lowest BCUT2D eigenvalue weighted by atomic mass is 10.0. The van der Waals surface area contributed by atoms with Crippen LogP contribution in [0.15, 0.2) is 34.4 Å². The van der Waals surface area contributed by atoms with Crippen molar-refractivity contribution >= 4 is 21.6 Å². The Bertz CT molecular complexity index is 929. The summed E-state index contributed by atoms with van der Waals surface area (Å²) in [5.74, 6) is 0.578. The topological polar surface area (TPSA) is 58.7 Å². The van der Waals surface area contributed by atoms with Crippen LogP contribution in [-0.4, -0.2) is 9.55 Å². The molecule has 0 aliphatic rings. The van der Waals surface area contributed by atoms with Gasteiger partial charge in [0.15, 0.2) is 0 Å². The Balaban J connectivity index is 2.25. The number of thiophene rings is 1. The Morgan fingerprint density at radius 2 is 2.05 bits per heavy atom. The van der Waals surface area contributed by atoms with Gasteiger partial charge in [-0.15, -0.1) is 11.3 Å². The van der Waals surface area contributed by atoms with Crippen molar-refractivity contribution in [2.24, 2.45) is 0 Å². The van der Waals surface area contributed by atoms with Crippen LogP contribution in [0.5, 0.6) is 0 Å². The lowest BCUT2D eigenvalue weighted by molar-refractivity contribution is 0.737. The predicted octanol–water partition coefficient (Wildman–Crippen LogP) is 3.52. The molecular formula is C17H15N3OS. The quantitative estimate of drug-likeness (QED) is 0.744. The Hall–Kier alpha value is -2.45. The van der Waals surface area contributed by atoms with Crippen LogP contribution in [0.3, 0.4) is 0 Å². The highest BCUT2D eigenvalue weighted by atomic mass is 32.1. The molecule has 1 aromatic carbocycles. The second-order valence-electron chi connectivity index (χ2n) is 5.09. The van der Waals surface area contributed by atoms with Gasteiger partial charge in [-0.05, 0) is 24.5 Å². The molecule has 5 heteroatoms. The molecular weight excluding hydrogens is 294 g/mol. The van der Waals surface area contributed by atoms with Gasteiger partial charge in [-0.3, -0.25) is 9.36 Å². The van der Waals surface area contributed by atoms with Crippen molar-refractivity contribution in [3.05, 3.63) is 51.4 Å². The van der Waals surface area contributed by atoms with Gasteiger partial charge in [-0.25, -0.2) is 4.98 Å². The molecule has 3 rings (SSSR count). The number of fused-ring (bicyclic) bond motifs is 1. The van der Waals surface area contributed by atoms with E-state index in [1.54, 1.807) is 6.92 Å². The SMILES string of the molecule is CCc1ccc(-c2csc3nc(C)n(CC#N)c(=O)c23)cc1. The standard InChI is InChI=1S/C17H15N3OS/c1-3-12-4-6-13(7-5-12)14-10-22-16-15(14)17(21)20(9-8-18)11(2)19-16/h4-7,10H,3,9H2,1-2H3. The maximum Gasteiger partial charge on any atom is 0.263 e. The van der Waals surface area contributed by atoms with E-state index in [0.717, 1.165) is 22.4 Å². The van der Waals surface area contributed by atoms with Gasteiger partial charge >= 0.3 is 0 Å². The van der Waals surface area contributed by atoms with Crippen molar-refractivity contribution in [3.63, 3.8) is 0 Å². The average molecular weight is 309 g/mol. The van der Waals surface area contributed by atoms with Crippen molar-refractivity contribution in [2.75, 3.05) is 0 Å². The average Bonchev–Trinajstić information content (AvgIpc) is 2.95. The maximum absolute atomic E-state index is 12.7. The molecule has 3 aromatic rings. The van der Waals surface area contributed by atoms with Crippen LogP contribution in [0, 0.1) is 18.3 Å². The van der Waals surface area contributed by atoms with Crippen molar-refractivity contribution in [1.82, 2.24) is 9.55 Å². The van der Waals surface area contributed by atoms with Crippen LogP contribution in [0.4, 0.5) is 0 Å². The van der Waals surface area contributed by atoms with Crippen LogP contribution in [-0.2, 0) is 13.0 Å². The summed E-state index contributed by atoms with van der Waals surface area (Å²) in [4.78, 5) is 17.9. The van der Waals surface area contributed by atoms with E-state index in [2.05, 4.69) is 24.0 Å². The summed E-state index contributed by atoms with van der Waals surface area (Å²) in [6.45, 7) is 3.90. The van der Waals surface area contributed by atoms with Gasteiger partial charge in [0.25, 0.3) is 5.56 Å². The Morgan fingerprint density at radius 3 is 2.68 bits per heavy atom. The van der Waals surface area contributed by atoms with E-state index in [1.165, 1.54) is 21.5 Å². The fraction of sp³-hybridized carbons (Fsp3) is 0.235. The van der Waals surface area contributed by atoms with Crippen molar-refractivity contribution in [2.45, 2.75) is 26.8 Å². The van der Waals surface area contributed by atoms with Gasteiger partial charge in [0.2, 0.25) is 0 Å². The fourth-order valence-electron chi connectivity index (χ4n) is 2.52. The summed E-state index contributed by atoms with van der Waals surface area (Å²) in [7, 11) is 0. The van der Waals surface area contributed by atoms with Crippen molar-refractivity contribution in [1.29, 1.82) is 5.26 Å². The summed E-state index contributed by atoms with van der Waals surface area (Å²) in [6.07, 6.45) is 0.986. The van der Waals surface area contributed by atoms with Crippen molar-refractivity contribution in [3.8, 4) is 17.2 Å². The first-order valence-electron chi connectivity index (χ1n) is 7.10. The second kappa shape index (κ2) is 5.74. The molecule has 0 bridgehead atoms. The number of benzene rings is 1. The van der Waals surface area contributed by atoms with Crippen molar-refractivity contribution < 1.29 is 0 Å². The highest BCUT2D eigenvalue weighted by Crippen LogP contribution is 2.31. The fourth-order valence-corrected chi connectivity index (χ4v) is 3.50. The highest BCUT2D eigenvalue weighted by Gasteiger charge is 2.15. The zero-order valence-electron chi connectivity index (χ0n) is 12.5. The molecule has 0 saturated carbocycles. The van der Waals surface area contributed by atoms with E-state index in [-0.39, 0.29) is 12.1 Å². The zero-order valence-corrected chi connectivity index (χ0v) is 13.3. The number of hydrogen-bond donors (Lipinski definition) is 0. The summed E-state index contributed by atoms with van der Waals surface area (Å²) in [5, 5.41) is 11.5. The maximum atomic E-state index is 12.7. The van der Waals surface area contributed by atoms with Crippen LogP contribution >= 0.6 is 11.3 Å². The van der Waals surface area contributed by atoms with Gasteiger partial charge in [0, 0.05) is 10.9 Å². The Morgan fingerprint density at radius 1 is 1.32 bits per heavy atom. The lowest BCUT2D eigenvalue weighted by Crippen LogP contribution is -2.23. The number of nitriles is 1. The largest absolute Gasteiger partial charge is 0.282 e. The third kappa shape index (κ3) is 2.32. The molecule has 2 aromatic heterocycles. The minimum atomic E-state index is -0.139. The van der Waals surface area contributed by atoms with Gasteiger partial charge in [-0.2, -0.15) is 5.26 Å².